The summed E-state index contributed by atoms with van der Waals surface area (Å²) in [6, 6.07) is 11.6. The Morgan fingerprint density at radius 2 is 1.90 bits per heavy atom. The minimum Gasteiger partial charge on any atom is -0.348 e. The van der Waals surface area contributed by atoms with Gasteiger partial charge in [0.05, 0.1) is 20.9 Å². The summed E-state index contributed by atoms with van der Waals surface area (Å²) in [5.41, 5.74) is 1.35. The zero-order valence-electron chi connectivity index (χ0n) is 15.2. The summed E-state index contributed by atoms with van der Waals surface area (Å²) in [4.78, 5) is 7.05. The first-order valence-electron chi connectivity index (χ1n) is 9.00. The lowest BCUT2D eigenvalue weighted by atomic mass is 10.1. The summed E-state index contributed by atoms with van der Waals surface area (Å²) in [7, 11) is -3.39. The van der Waals surface area contributed by atoms with Crippen molar-refractivity contribution in [1.82, 2.24) is 4.98 Å². The molecule has 1 aromatic heterocycles. The quantitative estimate of drug-likeness (QED) is 0.440. The van der Waals surface area contributed by atoms with Gasteiger partial charge < -0.3 is 4.90 Å². The highest BCUT2D eigenvalue weighted by molar-refractivity contribution is 9.10. The van der Waals surface area contributed by atoms with Crippen LogP contribution in [0.4, 0.5) is 9.52 Å². The van der Waals surface area contributed by atoms with E-state index in [-0.39, 0.29) is 5.02 Å². The summed E-state index contributed by atoms with van der Waals surface area (Å²) in [6.45, 7) is 1.21. The third-order valence-corrected chi connectivity index (χ3v) is 9.48. The molecule has 0 amide bonds. The molecule has 1 aliphatic heterocycles. The van der Waals surface area contributed by atoms with Crippen molar-refractivity contribution in [2.24, 2.45) is 0 Å². The van der Waals surface area contributed by atoms with Gasteiger partial charge in [-0.15, -0.1) is 11.3 Å². The molecule has 9 heteroatoms. The normalized spacial score (nSPS) is 15.6. The van der Waals surface area contributed by atoms with Gasteiger partial charge in [-0.2, -0.15) is 0 Å². The van der Waals surface area contributed by atoms with E-state index in [0.29, 0.717) is 46.6 Å². The fraction of sp³-hybridized carbons (Fsp3) is 0.250. The molecule has 0 aliphatic carbocycles. The average molecular weight is 516 g/mol. The molecule has 0 bridgehead atoms. The lowest BCUT2D eigenvalue weighted by molar-refractivity contribution is 0.529. The molecule has 4 rings (SSSR count). The first-order chi connectivity index (χ1) is 13.9. The number of hydrogen-bond donors (Lipinski definition) is 0. The summed E-state index contributed by atoms with van der Waals surface area (Å²) < 4.78 is 40.3. The topological polar surface area (TPSA) is 50.3 Å². The summed E-state index contributed by atoms with van der Waals surface area (Å²) in [6.07, 6.45) is 1.07. The van der Waals surface area contributed by atoms with Gasteiger partial charge in [0, 0.05) is 28.5 Å². The summed E-state index contributed by atoms with van der Waals surface area (Å²) >= 11 is 10.6. The number of thiazole rings is 1. The van der Waals surface area contributed by atoms with Gasteiger partial charge in [-0.3, -0.25) is 0 Å². The Kier molecular flexibility index (Phi) is 5.97. The Hall–Kier alpha value is -1.48. The first-order valence-corrected chi connectivity index (χ1v) is 12.6. The van der Waals surface area contributed by atoms with Gasteiger partial charge in [-0.25, -0.2) is 17.8 Å². The van der Waals surface area contributed by atoms with Gasteiger partial charge in [0.25, 0.3) is 0 Å². The van der Waals surface area contributed by atoms with Crippen LogP contribution in [0.3, 0.4) is 0 Å². The van der Waals surface area contributed by atoms with Crippen molar-refractivity contribution in [2.45, 2.75) is 23.0 Å². The lowest BCUT2D eigenvalue weighted by Gasteiger charge is -2.31. The van der Waals surface area contributed by atoms with Crippen LogP contribution >= 0.6 is 38.9 Å². The number of hydrogen-bond acceptors (Lipinski definition) is 5. The van der Waals surface area contributed by atoms with Crippen molar-refractivity contribution >= 4 is 53.8 Å². The maximum atomic E-state index is 13.7. The van der Waals surface area contributed by atoms with Gasteiger partial charge in [0.1, 0.15) is 5.82 Å². The number of piperidine rings is 1. The standard InChI is InChI=1S/C20H17BrClFN2O2S2/c21-15-3-1-2-4-19(15)29(26,27)14-7-9-25(10-8-14)20-24-18(12-28-20)13-5-6-16(22)17(23)11-13/h1-6,11-12,14H,7-10H2. The van der Waals surface area contributed by atoms with E-state index < -0.39 is 20.9 Å². The summed E-state index contributed by atoms with van der Waals surface area (Å²) in [5.74, 6) is -0.475. The number of anilines is 1. The fourth-order valence-corrected chi connectivity index (χ4v) is 7.18. The smallest absolute Gasteiger partial charge is 0.185 e. The number of benzene rings is 2. The molecule has 1 saturated heterocycles. The van der Waals surface area contributed by atoms with Gasteiger partial charge >= 0.3 is 0 Å². The van der Waals surface area contributed by atoms with Crippen LogP contribution in [0.25, 0.3) is 11.3 Å². The molecule has 4 nitrogen and oxygen atoms in total. The number of rotatable bonds is 4. The first kappa shape index (κ1) is 20.8. The molecule has 152 valence electrons. The Labute approximate surface area is 186 Å². The van der Waals surface area contributed by atoms with Gasteiger partial charge in [-0.1, -0.05) is 29.8 Å². The van der Waals surface area contributed by atoms with E-state index >= 15 is 0 Å². The van der Waals surface area contributed by atoms with Crippen LogP contribution in [0.1, 0.15) is 12.8 Å². The van der Waals surface area contributed by atoms with Crippen LogP contribution < -0.4 is 4.90 Å². The highest BCUT2D eigenvalue weighted by Crippen LogP contribution is 2.34. The molecule has 0 spiro atoms. The molecule has 2 aromatic carbocycles. The monoisotopic (exact) mass is 514 g/mol. The van der Waals surface area contributed by atoms with Gasteiger partial charge in [0.15, 0.2) is 15.0 Å². The van der Waals surface area contributed by atoms with E-state index in [2.05, 4.69) is 25.8 Å². The molecule has 0 unspecified atom stereocenters. The Balaban J connectivity index is 1.47. The fourth-order valence-electron chi connectivity index (χ4n) is 3.41. The number of sulfone groups is 1. The largest absolute Gasteiger partial charge is 0.348 e. The third kappa shape index (κ3) is 4.21. The second-order valence-corrected chi connectivity index (χ2v) is 11.1. The van der Waals surface area contributed by atoms with E-state index in [1.807, 2.05) is 5.38 Å². The Morgan fingerprint density at radius 1 is 1.17 bits per heavy atom. The second-order valence-electron chi connectivity index (χ2n) is 6.81. The highest BCUT2D eigenvalue weighted by Gasteiger charge is 2.33. The molecule has 0 radical (unpaired) electrons. The molecule has 3 aromatic rings. The lowest BCUT2D eigenvalue weighted by Crippen LogP contribution is -2.39. The van der Waals surface area contributed by atoms with Crippen LogP contribution in [-0.2, 0) is 9.84 Å². The Bertz CT molecular complexity index is 1140. The maximum absolute atomic E-state index is 13.7. The van der Waals surface area contributed by atoms with Crippen molar-refractivity contribution in [3.8, 4) is 11.3 Å². The molecular formula is C20H17BrClFN2O2S2. The average Bonchev–Trinajstić information content (AvgIpc) is 3.20. The van der Waals surface area contributed by atoms with Gasteiger partial charge in [0.2, 0.25) is 0 Å². The molecule has 2 heterocycles. The molecule has 1 aliphatic rings. The zero-order valence-corrected chi connectivity index (χ0v) is 19.2. The number of aromatic nitrogens is 1. The predicted octanol–water partition coefficient (Wildman–Crippen LogP) is 5.81. The zero-order chi connectivity index (χ0) is 20.6. The summed E-state index contributed by atoms with van der Waals surface area (Å²) in [5, 5.41) is 2.36. The molecule has 0 N–H and O–H groups in total. The van der Waals surface area contributed by atoms with Crippen LogP contribution in [0.15, 0.2) is 57.2 Å². The predicted molar refractivity (Wildman–Crippen MR) is 119 cm³/mol. The van der Waals surface area contributed by atoms with E-state index in [9.17, 15) is 12.8 Å². The number of halogens is 3. The van der Waals surface area contributed by atoms with Crippen LogP contribution in [0.2, 0.25) is 5.02 Å². The minimum absolute atomic E-state index is 0.0811. The molecule has 29 heavy (non-hydrogen) atoms. The second kappa shape index (κ2) is 8.34. The minimum atomic E-state index is -3.39. The van der Waals surface area contributed by atoms with Crippen molar-refractivity contribution in [2.75, 3.05) is 18.0 Å². The molecule has 1 fully saturated rings. The maximum Gasteiger partial charge on any atom is 0.185 e. The third-order valence-electron chi connectivity index (χ3n) is 5.00. The molecule has 0 saturated carbocycles. The molecular weight excluding hydrogens is 499 g/mol. The van der Waals surface area contributed by atoms with E-state index in [4.69, 9.17) is 11.6 Å². The van der Waals surface area contributed by atoms with Crippen molar-refractivity contribution in [3.05, 3.63) is 63.2 Å². The van der Waals surface area contributed by atoms with Crippen molar-refractivity contribution in [3.63, 3.8) is 0 Å². The van der Waals surface area contributed by atoms with E-state index in [1.54, 1.807) is 30.3 Å². The van der Waals surface area contributed by atoms with Crippen molar-refractivity contribution < 1.29 is 12.8 Å². The van der Waals surface area contributed by atoms with Gasteiger partial charge in [-0.05, 0) is 53.0 Å². The molecule has 0 atom stereocenters. The van der Waals surface area contributed by atoms with E-state index in [0.717, 1.165) is 5.13 Å². The van der Waals surface area contributed by atoms with Crippen LogP contribution in [0.5, 0.6) is 0 Å². The van der Waals surface area contributed by atoms with Crippen LogP contribution in [0, 0.1) is 5.82 Å². The highest BCUT2D eigenvalue weighted by atomic mass is 79.9. The number of nitrogens with zero attached hydrogens (tertiary/aromatic N) is 2. The Morgan fingerprint density at radius 3 is 2.59 bits per heavy atom. The van der Waals surface area contributed by atoms with Crippen molar-refractivity contribution in [1.29, 1.82) is 0 Å². The van der Waals surface area contributed by atoms with Crippen LogP contribution in [-0.4, -0.2) is 31.7 Å². The SMILES string of the molecule is O=S(=O)(c1ccccc1Br)C1CCN(c2nc(-c3ccc(Cl)c(F)c3)cs2)CC1. The van der Waals surface area contributed by atoms with E-state index in [1.165, 1.54) is 23.5 Å².